The van der Waals surface area contributed by atoms with Gasteiger partial charge in [-0.25, -0.2) is 4.39 Å². The molecule has 17 heavy (non-hydrogen) atoms. The minimum atomic E-state index is -0.319. The fraction of sp³-hybridized carbons (Fsp3) is 0.538. The summed E-state index contributed by atoms with van der Waals surface area (Å²) in [5.74, 6) is -0.319. The first kappa shape index (κ1) is 12.2. The molecule has 2 rings (SSSR count). The summed E-state index contributed by atoms with van der Waals surface area (Å²) >= 11 is 0. The molecule has 1 saturated heterocycles. The second-order valence-corrected chi connectivity index (χ2v) is 4.62. The topological polar surface area (TPSA) is 49.5 Å². The normalized spacial score (nSPS) is 21.3. The number of benzene rings is 1. The van der Waals surface area contributed by atoms with Crippen LogP contribution in [0.2, 0.25) is 0 Å². The summed E-state index contributed by atoms with van der Waals surface area (Å²) in [5.41, 5.74) is 6.88. The molecule has 0 radical (unpaired) electrons. The largest absolute Gasteiger partial charge is 0.399 e. The van der Waals surface area contributed by atoms with Crippen LogP contribution in [-0.2, 0) is 0 Å². The molecule has 1 aliphatic heterocycles. The van der Waals surface area contributed by atoms with Crippen LogP contribution in [0, 0.1) is 5.82 Å². The van der Waals surface area contributed by atoms with Crippen molar-refractivity contribution in [3.63, 3.8) is 0 Å². The van der Waals surface area contributed by atoms with Gasteiger partial charge in [0.25, 0.3) is 0 Å². The number of hydrogen-bond acceptors (Lipinski definition) is 3. The predicted molar refractivity (Wildman–Crippen MR) is 67.5 cm³/mol. The number of nitrogens with zero attached hydrogens (tertiary/aromatic N) is 1. The van der Waals surface area contributed by atoms with Gasteiger partial charge >= 0.3 is 0 Å². The van der Waals surface area contributed by atoms with Crippen molar-refractivity contribution >= 4 is 11.4 Å². The lowest BCUT2D eigenvalue weighted by molar-refractivity contribution is 0.255. The molecule has 0 amide bonds. The number of aliphatic hydroxyl groups is 1. The third kappa shape index (κ3) is 2.88. The van der Waals surface area contributed by atoms with E-state index in [1.54, 1.807) is 6.07 Å². The van der Waals surface area contributed by atoms with Crippen molar-refractivity contribution in [1.29, 1.82) is 0 Å². The van der Waals surface area contributed by atoms with Gasteiger partial charge in [-0.3, -0.25) is 0 Å². The van der Waals surface area contributed by atoms with Crippen molar-refractivity contribution in [1.82, 2.24) is 0 Å². The van der Waals surface area contributed by atoms with Crippen LogP contribution in [0.4, 0.5) is 15.8 Å². The predicted octanol–water partition coefficient (Wildman–Crippen LogP) is 2.15. The molecular formula is C13H19FN2O. The Morgan fingerprint density at radius 3 is 2.82 bits per heavy atom. The molecule has 0 aliphatic carbocycles. The molecule has 1 fully saturated rings. The molecule has 1 unspecified atom stereocenters. The Labute approximate surface area is 101 Å². The monoisotopic (exact) mass is 238 g/mol. The van der Waals surface area contributed by atoms with Crippen molar-refractivity contribution in [2.24, 2.45) is 0 Å². The summed E-state index contributed by atoms with van der Waals surface area (Å²) in [6.07, 6.45) is 4.31. The third-order valence-electron chi connectivity index (χ3n) is 3.32. The van der Waals surface area contributed by atoms with Gasteiger partial charge in [-0.2, -0.15) is 0 Å². The molecule has 94 valence electrons. The Morgan fingerprint density at radius 2 is 2.12 bits per heavy atom. The lowest BCUT2D eigenvalue weighted by Crippen LogP contribution is -2.37. The minimum absolute atomic E-state index is 0.0821. The quantitative estimate of drug-likeness (QED) is 0.776. The van der Waals surface area contributed by atoms with Crippen LogP contribution >= 0.6 is 0 Å². The summed E-state index contributed by atoms with van der Waals surface area (Å²) in [4.78, 5) is 2.08. The van der Waals surface area contributed by atoms with E-state index in [4.69, 9.17) is 5.73 Å². The Hall–Kier alpha value is -1.29. The van der Waals surface area contributed by atoms with E-state index in [9.17, 15) is 9.50 Å². The van der Waals surface area contributed by atoms with Crippen molar-refractivity contribution in [3.8, 4) is 0 Å². The Kier molecular flexibility index (Phi) is 3.84. The highest BCUT2D eigenvalue weighted by molar-refractivity contribution is 5.57. The van der Waals surface area contributed by atoms with E-state index in [-0.39, 0.29) is 18.5 Å². The van der Waals surface area contributed by atoms with Gasteiger partial charge in [-0.15, -0.1) is 0 Å². The lowest BCUT2D eigenvalue weighted by Gasteiger charge is -2.31. The summed E-state index contributed by atoms with van der Waals surface area (Å²) in [6.45, 7) is 0.963. The maximum atomic E-state index is 13.3. The number of rotatable bonds is 2. The molecule has 1 aromatic carbocycles. The van der Waals surface area contributed by atoms with Crippen LogP contribution in [-0.4, -0.2) is 24.3 Å². The van der Waals surface area contributed by atoms with Crippen LogP contribution in [0.15, 0.2) is 18.2 Å². The number of nitrogens with two attached hydrogens (primary N) is 1. The fourth-order valence-electron chi connectivity index (χ4n) is 2.47. The van der Waals surface area contributed by atoms with Gasteiger partial charge in [0.05, 0.1) is 12.6 Å². The van der Waals surface area contributed by atoms with E-state index in [1.165, 1.54) is 12.1 Å². The summed E-state index contributed by atoms with van der Waals surface area (Å²) in [6, 6.07) is 4.66. The van der Waals surface area contributed by atoms with Crippen LogP contribution in [0.25, 0.3) is 0 Å². The molecule has 1 aromatic rings. The average molecular weight is 238 g/mol. The Bertz CT molecular complexity index is 363. The highest BCUT2D eigenvalue weighted by atomic mass is 19.1. The second-order valence-electron chi connectivity index (χ2n) is 4.62. The highest BCUT2D eigenvalue weighted by Crippen LogP contribution is 2.26. The SMILES string of the molecule is Nc1cc(F)cc(N2CCCCCC2CO)c1. The van der Waals surface area contributed by atoms with E-state index in [0.29, 0.717) is 5.69 Å². The maximum Gasteiger partial charge on any atom is 0.127 e. The van der Waals surface area contributed by atoms with Crippen LogP contribution in [0.1, 0.15) is 25.7 Å². The molecule has 0 bridgehead atoms. The molecule has 0 spiro atoms. The zero-order valence-electron chi connectivity index (χ0n) is 9.90. The summed E-state index contributed by atoms with van der Waals surface area (Å²) in [5, 5.41) is 9.42. The standard InChI is InChI=1S/C13H19FN2O/c14-10-6-11(15)8-13(7-10)16-5-3-1-2-4-12(16)9-17/h6-8,12,17H,1-5,9,15H2. The number of hydrogen-bond donors (Lipinski definition) is 2. The zero-order valence-corrected chi connectivity index (χ0v) is 9.90. The Balaban J connectivity index is 2.27. The zero-order chi connectivity index (χ0) is 12.3. The van der Waals surface area contributed by atoms with Crippen molar-refractivity contribution in [2.75, 3.05) is 23.8 Å². The number of nitrogen functional groups attached to an aromatic ring is 1. The maximum absolute atomic E-state index is 13.3. The summed E-state index contributed by atoms with van der Waals surface area (Å²) in [7, 11) is 0. The van der Waals surface area contributed by atoms with Crippen LogP contribution in [0.3, 0.4) is 0 Å². The van der Waals surface area contributed by atoms with Gasteiger partial charge in [0.2, 0.25) is 0 Å². The summed E-state index contributed by atoms with van der Waals surface area (Å²) < 4.78 is 13.3. The Morgan fingerprint density at radius 1 is 1.29 bits per heavy atom. The van der Waals surface area contributed by atoms with Gasteiger partial charge < -0.3 is 15.7 Å². The van der Waals surface area contributed by atoms with Gasteiger partial charge in [0.1, 0.15) is 5.82 Å². The van der Waals surface area contributed by atoms with Crippen molar-refractivity contribution in [2.45, 2.75) is 31.7 Å². The van der Waals surface area contributed by atoms with E-state index in [2.05, 4.69) is 4.90 Å². The molecule has 1 aliphatic rings. The molecule has 0 saturated carbocycles. The smallest absolute Gasteiger partial charge is 0.127 e. The highest BCUT2D eigenvalue weighted by Gasteiger charge is 2.21. The average Bonchev–Trinajstić information content (AvgIpc) is 2.52. The van der Waals surface area contributed by atoms with Gasteiger partial charge in [0, 0.05) is 17.9 Å². The fourth-order valence-corrected chi connectivity index (χ4v) is 2.47. The molecule has 1 heterocycles. The molecule has 0 aromatic heterocycles. The van der Waals surface area contributed by atoms with Crippen molar-refractivity contribution in [3.05, 3.63) is 24.0 Å². The molecule has 4 heteroatoms. The van der Waals surface area contributed by atoms with E-state index in [0.717, 1.165) is 37.9 Å². The van der Waals surface area contributed by atoms with E-state index < -0.39 is 0 Å². The number of anilines is 2. The molecule has 3 nitrogen and oxygen atoms in total. The minimum Gasteiger partial charge on any atom is -0.399 e. The second kappa shape index (κ2) is 5.36. The van der Waals surface area contributed by atoms with Gasteiger partial charge in [-0.05, 0) is 31.0 Å². The van der Waals surface area contributed by atoms with Gasteiger partial charge in [0.15, 0.2) is 0 Å². The van der Waals surface area contributed by atoms with Gasteiger partial charge in [-0.1, -0.05) is 12.8 Å². The lowest BCUT2D eigenvalue weighted by atomic mass is 10.1. The third-order valence-corrected chi connectivity index (χ3v) is 3.32. The first-order valence-corrected chi connectivity index (χ1v) is 6.14. The first-order chi connectivity index (χ1) is 8.20. The molecule has 1 atom stereocenters. The van der Waals surface area contributed by atoms with Crippen LogP contribution in [0.5, 0.6) is 0 Å². The van der Waals surface area contributed by atoms with Crippen LogP contribution < -0.4 is 10.6 Å². The van der Waals surface area contributed by atoms with E-state index >= 15 is 0 Å². The number of halogens is 1. The van der Waals surface area contributed by atoms with Crippen molar-refractivity contribution < 1.29 is 9.50 Å². The number of aliphatic hydroxyl groups excluding tert-OH is 1. The van der Waals surface area contributed by atoms with E-state index in [1.807, 2.05) is 0 Å². The first-order valence-electron chi connectivity index (χ1n) is 6.14. The molecular weight excluding hydrogens is 219 g/mol. The molecule has 3 N–H and O–H groups in total.